The fourth-order valence-corrected chi connectivity index (χ4v) is 3.83. The van der Waals surface area contributed by atoms with Gasteiger partial charge in [-0.05, 0) is 24.8 Å². The van der Waals surface area contributed by atoms with Crippen LogP contribution in [0.25, 0.3) is 0 Å². The maximum Gasteiger partial charge on any atom is 0.227 e. The largest absolute Gasteiger partial charge is 0.374 e. The van der Waals surface area contributed by atoms with Crippen LogP contribution < -0.4 is 0 Å². The molecule has 2 fully saturated rings. The Morgan fingerprint density at radius 2 is 2.12 bits per heavy atom. The first-order valence-corrected chi connectivity index (χ1v) is 9.06. The van der Waals surface area contributed by atoms with E-state index >= 15 is 0 Å². The van der Waals surface area contributed by atoms with Crippen molar-refractivity contribution in [2.45, 2.75) is 50.7 Å². The number of carbonyl (C=O) groups is 1. The summed E-state index contributed by atoms with van der Waals surface area (Å²) >= 11 is 0. The van der Waals surface area contributed by atoms with Gasteiger partial charge in [-0.15, -0.1) is 0 Å². The topological polar surface area (TPSA) is 68.5 Å². The quantitative estimate of drug-likeness (QED) is 0.835. The molecule has 0 spiro atoms. The monoisotopic (exact) mass is 341 g/mol. The van der Waals surface area contributed by atoms with Gasteiger partial charge in [0, 0.05) is 25.8 Å². The van der Waals surface area contributed by atoms with Crippen LogP contribution in [0.1, 0.15) is 43.0 Å². The zero-order valence-corrected chi connectivity index (χ0v) is 14.3. The predicted molar refractivity (Wildman–Crippen MR) is 91.0 cm³/mol. The summed E-state index contributed by atoms with van der Waals surface area (Å²) < 4.78 is 11.1. The second kappa shape index (κ2) is 7.35. The number of hydrogen-bond donors (Lipinski definition) is 0. The average molecular weight is 341 g/mol. The molecule has 0 unspecified atom stereocenters. The number of nitrogens with zero attached hydrogens (tertiary/aromatic N) is 3. The third-order valence-electron chi connectivity index (χ3n) is 5.07. The van der Waals surface area contributed by atoms with E-state index in [1.807, 2.05) is 35.2 Å². The molecule has 25 heavy (non-hydrogen) atoms. The van der Waals surface area contributed by atoms with Gasteiger partial charge in [0.05, 0.1) is 18.8 Å². The second-order valence-corrected chi connectivity index (χ2v) is 6.76. The Morgan fingerprint density at radius 1 is 1.24 bits per heavy atom. The first kappa shape index (κ1) is 16.3. The molecule has 1 aromatic carbocycles. The van der Waals surface area contributed by atoms with Gasteiger partial charge in [0.15, 0.2) is 5.82 Å². The van der Waals surface area contributed by atoms with Crippen LogP contribution in [0.15, 0.2) is 34.9 Å². The molecule has 6 nitrogen and oxygen atoms in total. The predicted octanol–water partition coefficient (Wildman–Crippen LogP) is 2.37. The Balaban J connectivity index is 1.31. The molecule has 1 saturated carbocycles. The summed E-state index contributed by atoms with van der Waals surface area (Å²) in [6, 6.07) is 10.3. The van der Waals surface area contributed by atoms with Crippen molar-refractivity contribution in [3.05, 3.63) is 47.6 Å². The molecular weight excluding hydrogens is 318 g/mol. The number of aromatic nitrogens is 2. The molecule has 0 N–H and O–H groups in total. The van der Waals surface area contributed by atoms with Gasteiger partial charge in [0.2, 0.25) is 11.8 Å². The molecule has 0 radical (unpaired) electrons. The zero-order valence-electron chi connectivity index (χ0n) is 14.3. The number of aryl methyl sites for hydroxylation is 1. The molecule has 0 bridgehead atoms. The first-order chi connectivity index (χ1) is 12.3. The number of morpholine rings is 1. The highest BCUT2D eigenvalue weighted by molar-refractivity contribution is 5.77. The summed E-state index contributed by atoms with van der Waals surface area (Å²) in [5, 5.41) is 4.02. The van der Waals surface area contributed by atoms with Gasteiger partial charge in [0.25, 0.3) is 0 Å². The van der Waals surface area contributed by atoms with Crippen molar-refractivity contribution in [2.24, 2.45) is 0 Å². The van der Waals surface area contributed by atoms with Crippen LogP contribution in [-0.4, -0.2) is 46.2 Å². The lowest BCUT2D eigenvalue weighted by Gasteiger charge is -2.37. The fraction of sp³-hybridized carbons (Fsp3) is 0.526. The number of fused-ring (bicyclic) bond motifs is 1. The van der Waals surface area contributed by atoms with E-state index in [1.54, 1.807) is 0 Å². The smallest absolute Gasteiger partial charge is 0.227 e. The molecule has 1 aliphatic heterocycles. The van der Waals surface area contributed by atoms with Crippen molar-refractivity contribution in [3.8, 4) is 0 Å². The van der Waals surface area contributed by atoms with Gasteiger partial charge < -0.3 is 14.2 Å². The summed E-state index contributed by atoms with van der Waals surface area (Å²) in [5.74, 6) is 1.37. The van der Waals surface area contributed by atoms with Crippen molar-refractivity contribution in [1.82, 2.24) is 15.0 Å². The number of amides is 1. The Hall–Kier alpha value is -2.21. The lowest BCUT2D eigenvalue weighted by atomic mass is 10.1. The van der Waals surface area contributed by atoms with E-state index in [9.17, 15) is 4.79 Å². The summed E-state index contributed by atoms with van der Waals surface area (Å²) in [6.45, 7) is 1.35. The van der Waals surface area contributed by atoms with E-state index in [-0.39, 0.29) is 18.1 Å². The highest BCUT2D eigenvalue weighted by Gasteiger charge is 2.38. The third-order valence-corrected chi connectivity index (χ3v) is 5.07. The molecule has 4 rings (SSSR count). The second-order valence-electron chi connectivity index (χ2n) is 6.76. The Kier molecular flexibility index (Phi) is 4.78. The molecule has 1 saturated heterocycles. The van der Waals surface area contributed by atoms with Crippen molar-refractivity contribution >= 4 is 5.91 Å². The SMILES string of the molecule is O=C(CCc1nc(Cc2ccccc2)no1)N1CCO[C@@H]2CCC[C@@H]21. The Bertz CT molecular complexity index is 716. The van der Waals surface area contributed by atoms with Crippen LogP contribution in [0.3, 0.4) is 0 Å². The molecule has 2 heterocycles. The molecule has 6 heteroatoms. The molecule has 1 aliphatic carbocycles. The lowest BCUT2D eigenvalue weighted by Crippen LogP contribution is -2.51. The normalized spacial score (nSPS) is 22.8. The summed E-state index contributed by atoms with van der Waals surface area (Å²) in [5.41, 5.74) is 1.14. The van der Waals surface area contributed by atoms with Crippen LogP contribution in [0, 0.1) is 0 Å². The van der Waals surface area contributed by atoms with Crippen molar-refractivity contribution in [2.75, 3.05) is 13.2 Å². The fourth-order valence-electron chi connectivity index (χ4n) is 3.83. The van der Waals surface area contributed by atoms with Crippen LogP contribution in [0.4, 0.5) is 0 Å². The maximum atomic E-state index is 12.6. The van der Waals surface area contributed by atoms with E-state index in [1.165, 1.54) is 0 Å². The van der Waals surface area contributed by atoms with Gasteiger partial charge in [-0.25, -0.2) is 0 Å². The lowest BCUT2D eigenvalue weighted by molar-refractivity contribution is -0.144. The Labute approximate surface area is 147 Å². The maximum absolute atomic E-state index is 12.6. The first-order valence-electron chi connectivity index (χ1n) is 9.06. The van der Waals surface area contributed by atoms with Crippen molar-refractivity contribution in [3.63, 3.8) is 0 Å². The standard InChI is InChI=1S/C19H23N3O3/c23-19(22-11-12-24-16-8-4-7-15(16)22)10-9-18-20-17(21-25-18)13-14-5-2-1-3-6-14/h1-3,5-6,15-16H,4,7-13H2/t15-,16+/m0/s1. The molecule has 2 atom stereocenters. The van der Waals surface area contributed by atoms with Crippen molar-refractivity contribution in [1.29, 1.82) is 0 Å². The number of ether oxygens (including phenoxy) is 1. The third kappa shape index (κ3) is 3.74. The van der Waals surface area contributed by atoms with Crippen molar-refractivity contribution < 1.29 is 14.1 Å². The average Bonchev–Trinajstić information content (AvgIpc) is 3.29. The molecule has 2 aliphatic rings. The number of rotatable bonds is 5. The van der Waals surface area contributed by atoms with Gasteiger partial charge in [0.1, 0.15) is 0 Å². The van der Waals surface area contributed by atoms with Crippen LogP contribution in [0.5, 0.6) is 0 Å². The van der Waals surface area contributed by atoms with E-state index in [0.29, 0.717) is 44.1 Å². The molecule has 2 aromatic rings. The highest BCUT2D eigenvalue weighted by atomic mass is 16.5. The van der Waals surface area contributed by atoms with Gasteiger partial charge in [-0.2, -0.15) is 4.98 Å². The van der Waals surface area contributed by atoms with Crippen LogP contribution >= 0.6 is 0 Å². The summed E-state index contributed by atoms with van der Waals surface area (Å²) in [6.07, 6.45) is 5.06. The van der Waals surface area contributed by atoms with Crippen LogP contribution in [0.2, 0.25) is 0 Å². The van der Waals surface area contributed by atoms with E-state index in [0.717, 1.165) is 24.8 Å². The number of hydrogen-bond acceptors (Lipinski definition) is 5. The van der Waals surface area contributed by atoms with E-state index in [4.69, 9.17) is 9.26 Å². The molecule has 1 aromatic heterocycles. The molecule has 132 valence electrons. The Morgan fingerprint density at radius 3 is 3.00 bits per heavy atom. The summed E-state index contributed by atoms with van der Waals surface area (Å²) in [7, 11) is 0. The van der Waals surface area contributed by atoms with Gasteiger partial charge in [-0.1, -0.05) is 35.5 Å². The summed E-state index contributed by atoms with van der Waals surface area (Å²) in [4.78, 5) is 19.0. The number of benzene rings is 1. The molecule has 1 amide bonds. The minimum atomic E-state index is 0.169. The van der Waals surface area contributed by atoms with Gasteiger partial charge >= 0.3 is 0 Å². The zero-order chi connectivity index (χ0) is 17.1. The molecular formula is C19H23N3O3. The van der Waals surface area contributed by atoms with E-state index in [2.05, 4.69) is 10.1 Å². The minimum absolute atomic E-state index is 0.169. The van der Waals surface area contributed by atoms with Crippen LogP contribution in [-0.2, 0) is 22.4 Å². The van der Waals surface area contributed by atoms with E-state index < -0.39 is 0 Å². The highest BCUT2D eigenvalue weighted by Crippen LogP contribution is 2.30. The number of carbonyl (C=O) groups excluding carboxylic acids is 1. The minimum Gasteiger partial charge on any atom is -0.374 e. The van der Waals surface area contributed by atoms with Gasteiger partial charge in [-0.3, -0.25) is 4.79 Å².